The Morgan fingerprint density at radius 3 is 2.63 bits per heavy atom. The second kappa shape index (κ2) is 6.75. The van der Waals surface area contributed by atoms with Crippen LogP contribution in [0, 0.1) is 5.92 Å². The van der Waals surface area contributed by atoms with E-state index in [1.54, 1.807) is 0 Å². The van der Waals surface area contributed by atoms with E-state index in [9.17, 15) is 9.59 Å². The van der Waals surface area contributed by atoms with E-state index < -0.39 is 11.7 Å². The van der Waals surface area contributed by atoms with Gasteiger partial charge in [-0.3, -0.25) is 4.79 Å². The van der Waals surface area contributed by atoms with Gasteiger partial charge in [-0.25, -0.2) is 4.79 Å². The minimum Gasteiger partial charge on any atom is -0.469 e. The van der Waals surface area contributed by atoms with Gasteiger partial charge in [0.05, 0.1) is 13.5 Å². The summed E-state index contributed by atoms with van der Waals surface area (Å²) < 4.78 is 9.91. The molecule has 6 heteroatoms. The van der Waals surface area contributed by atoms with Crippen LogP contribution in [-0.4, -0.2) is 43.9 Å². The predicted molar refractivity (Wildman–Crippen MR) is 70.8 cm³/mol. The van der Waals surface area contributed by atoms with Gasteiger partial charge in [0.25, 0.3) is 0 Å². The second-order valence-corrected chi connectivity index (χ2v) is 5.79. The van der Waals surface area contributed by atoms with E-state index in [1.165, 1.54) is 7.11 Å². The van der Waals surface area contributed by atoms with Gasteiger partial charge in [-0.2, -0.15) is 0 Å². The molecule has 1 aliphatic rings. The largest absolute Gasteiger partial charge is 0.469 e. The summed E-state index contributed by atoms with van der Waals surface area (Å²) in [5.41, 5.74) is -0.524. The third-order valence-electron chi connectivity index (χ3n) is 2.98. The van der Waals surface area contributed by atoms with Crippen molar-refractivity contribution in [2.45, 2.75) is 45.3 Å². The summed E-state index contributed by atoms with van der Waals surface area (Å²) in [5.74, 6) is -0.163. The van der Waals surface area contributed by atoms with E-state index in [1.807, 2.05) is 20.8 Å². The zero-order valence-electron chi connectivity index (χ0n) is 12.1. The van der Waals surface area contributed by atoms with Gasteiger partial charge in [0.15, 0.2) is 0 Å². The lowest BCUT2D eigenvalue weighted by atomic mass is 9.90. The zero-order chi connectivity index (χ0) is 14.5. The van der Waals surface area contributed by atoms with Gasteiger partial charge >= 0.3 is 12.1 Å². The van der Waals surface area contributed by atoms with Crippen LogP contribution in [0.3, 0.4) is 0 Å². The van der Waals surface area contributed by atoms with Gasteiger partial charge in [0.1, 0.15) is 5.60 Å². The standard InChI is InChI=1S/C13H24N2O4/c1-13(2,3)19-12(17)15-10-8-14-6-5-9(10)7-11(16)18-4/h9-10,14H,5-8H2,1-4H3,(H,15,17)/t9-,10+/m0/s1. The van der Waals surface area contributed by atoms with E-state index in [-0.39, 0.29) is 17.9 Å². The highest BCUT2D eigenvalue weighted by atomic mass is 16.6. The SMILES string of the molecule is COC(=O)C[C@@H]1CCNC[C@H]1NC(=O)OC(C)(C)C. The number of alkyl carbamates (subject to hydrolysis) is 1. The fourth-order valence-corrected chi connectivity index (χ4v) is 2.08. The van der Waals surface area contributed by atoms with Gasteiger partial charge in [0.2, 0.25) is 0 Å². The van der Waals surface area contributed by atoms with E-state index in [0.717, 1.165) is 13.0 Å². The van der Waals surface area contributed by atoms with Crippen molar-refractivity contribution in [1.82, 2.24) is 10.6 Å². The Bertz CT molecular complexity index is 325. The maximum absolute atomic E-state index is 11.8. The number of esters is 1. The summed E-state index contributed by atoms with van der Waals surface area (Å²) in [7, 11) is 1.37. The number of carbonyl (C=O) groups excluding carboxylic acids is 2. The normalized spacial score (nSPS) is 23.6. The summed E-state index contributed by atoms with van der Waals surface area (Å²) in [4.78, 5) is 23.1. The summed E-state index contributed by atoms with van der Waals surface area (Å²) in [6, 6.07) is -0.109. The molecule has 1 saturated heterocycles. The van der Waals surface area contributed by atoms with Crippen LogP contribution in [0.15, 0.2) is 0 Å². The van der Waals surface area contributed by atoms with E-state index in [4.69, 9.17) is 4.74 Å². The molecule has 110 valence electrons. The molecule has 0 saturated carbocycles. The lowest BCUT2D eigenvalue weighted by Gasteiger charge is -2.32. The summed E-state index contributed by atoms with van der Waals surface area (Å²) in [5, 5.41) is 6.03. The molecule has 0 aliphatic carbocycles. The molecule has 1 heterocycles. The third kappa shape index (κ3) is 5.92. The molecule has 2 atom stereocenters. The quantitative estimate of drug-likeness (QED) is 0.751. The van der Waals surface area contributed by atoms with Crippen molar-refractivity contribution in [2.75, 3.05) is 20.2 Å². The summed E-state index contributed by atoms with van der Waals surface area (Å²) >= 11 is 0. The number of nitrogens with one attached hydrogen (secondary N) is 2. The Kier molecular flexibility index (Phi) is 5.60. The van der Waals surface area contributed by atoms with Crippen molar-refractivity contribution >= 4 is 12.1 Å². The minimum absolute atomic E-state index is 0.0845. The van der Waals surface area contributed by atoms with Crippen molar-refractivity contribution < 1.29 is 19.1 Å². The highest BCUT2D eigenvalue weighted by Gasteiger charge is 2.30. The Morgan fingerprint density at radius 1 is 1.37 bits per heavy atom. The molecule has 6 nitrogen and oxygen atoms in total. The molecular weight excluding hydrogens is 248 g/mol. The van der Waals surface area contributed by atoms with Crippen molar-refractivity contribution in [3.63, 3.8) is 0 Å². The molecule has 0 bridgehead atoms. The second-order valence-electron chi connectivity index (χ2n) is 5.79. The Balaban J connectivity index is 2.52. The van der Waals surface area contributed by atoms with Crippen LogP contribution < -0.4 is 10.6 Å². The number of rotatable bonds is 3. The highest BCUT2D eigenvalue weighted by molar-refractivity contribution is 5.70. The number of amides is 1. The fraction of sp³-hybridized carbons (Fsp3) is 0.846. The van der Waals surface area contributed by atoms with Gasteiger partial charge in [-0.15, -0.1) is 0 Å². The third-order valence-corrected chi connectivity index (χ3v) is 2.98. The van der Waals surface area contributed by atoms with Gasteiger partial charge in [-0.05, 0) is 39.7 Å². The number of ether oxygens (including phenoxy) is 2. The Morgan fingerprint density at radius 2 is 2.05 bits per heavy atom. The van der Waals surface area contributed by atoms with E-state index >= 15 is 0 Å². The van der Waals surface area contributed by atoms with Crippen molar-refractivity contribution in [3.8, 4) is 0 Å². The molecule has 1 rings (SSSR count). The highest BCUT2D eigenvalue weighted by Crippen LogP contribution is 2.18. The molecule has 0 aromatic heterocycles. The van der Waals surface area contributed by atoms with Crippen molar-refractivity contribution in [2.24, 2.45) is 5.92 Å². The van der Waals surface area contributed by atoms with Gasteiger partial charge < -0.3 is 20.1 Å². The van der Waals surface area contributed by atoms with Crippen LogP contribution in [0.1, 0.15) is 33.6 Å². The first-order valence-corrected chi connectivity index (χ1v) is 6.59. The molecule has 1 amide bonds. The molecule has 0 unspecified atom stereocenters. The fourth-order valence-electron chi connectivity index (χ4n) is 2.08. The summed E-state index contributed by atoms with van der Waals surface area (Å²) in [6.45, 7) is 6.93. The molecule has 2 N–H and O–H groups in total. The summed E-state index contributed by atoms with van der Waals surface area (Å²) in [6.07, 6.45) is 0.699. The Hall–Kier alpha value is -1.30. The number of hydrogen-bond donors (Lipinski definition) is 2. The van der Waals surface area contributed by atoms with Crippen molar-refractivity contribution in [1.29, 1.82) is 0 Å². The van der Waals surface area contributed by atoms with Crippen LogP contribution >= 0.6 is 0 Å². The van der Waals surface area contributed by atoms with Gasteiger partial charge in [-0.1, -0.05) is 0 Å². The van der Waals surface area contributed by atoms with Gasteiger partial charge in [0, 0.05) is 12.6 Å². The lowest BCUT2D eigenvalue weighted by Crippen LogP contribution is -2.52. The molecular formula is C13H24N2O4. The molecule has 0 aromatic rings. The molecule has 19 heavy (non-hydrogen) atoms. The number of piperidine rings is 1. The lowest BCUT2D eigenvalue weighted by molar-refractivity contribution is -0.142. The minimum atomic E-state index is -0.524. The molecule has 0 aromatic carbocycles. The maximum atomic E-state index is 11.8. The zero-order valence-corrected chi connectivity index (χ0v) is 12.1. The van der Waals surface area contributed by atoms with E-state index in [0.29, 0.717) is 13.0 Å². The monoisotopic (exact) mass is 272 g/mol. The molecule has 1 fully saturated rings. The van der Waals surface area contributed by atoms with Crippen LogP contribution in [0.4, 0.5) is 4.79 Å². The van der Waals surface area contributed by atoms with E-state index in [2.05, 4.69) is 15.4 Å². The first-order chi connectivity index (χ1) is 8.81. The smallest absolute Gasteiger partial charge is 0.407 e. The molecule has 0 spiro atoms. The van der Waals surface area contributed by atoms with Crippen LogP contribution in [0.2, 0.25) is 0 Å². The van der Waals surface area contributed by atoms with Crippen molar-refractivity contribution in [3.05, 3.63) is 0 Å². The topological polar surface area (TPSA) is 76.7 Å². The Labute approximate surface area is 114 Å². The predicted octanol–water partition coefficient (Wildman–Crippen LogP) is 1.05. The first kappa shape index (κ1) is 15.8. The van der Waals surface area contributed by atoms with Crippen LogP contribution in [0.25, 0.3) is 0 Å². The molecule has 1 aliphatic heterocycles. The maximum Gasteiger partial charge on any atom is 0.407 e. The number of hydrogen-bond acceptors (Lipinski definition) is 5. The number of carbonyl (C=O) groups is 2. The average molecular weight is 272 g/mol. The number of methoxy groups -OCH3 is 1. The molecule has 0 radical (unpaired) electrons. The average Bonchev–Trinajstić information content (AvgIpc) is 2.29. The first-order valence-electron chi connectivity index (χ1n) is 6.59. The van der Waals surface area contributed by atoms with Crippen LogP contribution in [0.5, 0.6) is 0 Å². The van der Waals surface area contributed by atoms with Crippen LogP contribution in [-0.2, 0) is 14.3 Å².